The van der Waals surface area contributed by atoms with Crippen molar-refractivity contribution in [2.75, 3.05) is 26.2 Å². The van der Waals surface area contributed by atoms with Crippen LogP contribution in [0.5, 0.6) is 0 Å². The maximum Gasteiger partial charge on any atom is 0.253 e. The molecule has 0 spiro atoms. The van der Waals surface area contributed by atoms with E-state index in [1.54, 1.807) is 24.3 Å². The van der Waals surface area contributed by atoms with Crippen LogP contribution < -0.4 is 0 Å². The van der Waals surface area contributed by atoms with E-state index < -0.39 is 6.67 Å². The molecule has 3 aromatic carbocycles. The Morgan fingerprint density at radius 3 is 2.23 bits per heavy atom. The third kappa shape index (κ3) is 4.65. The summed E-state index contributed by atoms with van der Waals surface area (Å²) < 4.78 is 13.0. The molecule has 156 valence electrons. The van der Waals surface area contributed by atoms with E-state index in [1.165, 1.54) is 5.56 Å². The van der Waals surface area contributed by atoms with Crippen LogP contribution in [0.1, 0.15) is 38.7 Å². The van der Waals surface area contributed by atoms with Crippen LogP contribution in [0.25, 0.3) is 0 Å². The van der Waals surface area contributed by atoms with Gasteiger partial charge in [-0.05, 0) is 34.9 Å². The number of amides is 1. The van der Waals surface area contributed by atoms with E-state index in [9.17, 15) is 9.18 Å². The highest BCUT2D eigenvalue weighted by molar-refractivity contribution is 5.94. The molecule has 4 rings (SSSR count). The minimum atomic E-state index is -0.468. The van der Waals surface area contributed by atoms with Crippen LogP contribution in [0, 0.1) is 11.3 Å². The lowest BCUT2D eigenvalue weighted by Crippen LogP contribution is -2.49. The second kappa shape index (κ2) is 9.55. The Hall–Kier alpha value is -3.49. The monoisotopic (exact) mass is 413 g/mol. The zero-order chi connectivity index (χ0) is 21.6. The summed E-state index contributed by atoms with van der Waals surface area (Å²) >= 11 is 0. The number of hydrogen-bond donors (Lipinski definition) is 0. The number of carbonyl (C=O) groups excluding carboxylic acids is 1. The van der Waals surface area contributed by atoms with Crippen LogP contribution >= 0.6 is 0 Å². The number of hydrogen-bond acceptors (Lipinski definition) is 3. The summed E-state index contributed by atoms with van der Waals surface area (Å²) in [6.07, 6.45) is 0. The third-order valence-electron chi connectivity index (χ3n) is 5.77. The van der Waals surface area contributed by atoms with Crippen LogP contribution in [-0.2, 0) is 6.67 Å². The maximum atomic E-state index is 13.0. The normalized spacial score (nSPS) is 15.3. The van der Waals surface area contributed by atoms with Gasteiger partial charge in [-0.15, -0.1) is 0 Å². The van der Waals surface area contributed by atoms with Gasteiger partial charge in [-0.1, -0.05) is 60.7 Å². The largest absolute Gasteiger partial charge is 0.336 e. The summed E-state index contributed by atoms with van der Waals surface area (Å²) in [5, 5.41) is 9.10. The second-order valence-electron chi connectivity index (χ2n) is 7.71. The standard InChI is InChI=1S/C26H24FN3O/c27-18-20-9-11-23(12-10-20)25(22-6-2-1-3-7-22)29-13-15-30(16-14-29)26(31)24-8-4-5-21(17-24)19-28/h1-12,17,25H,13-16,18H2. The fourth-order valence-corrected chi connectivity index (χ4v) is 4.13. The molecule has 1 heterocycles. The molecule has 0 saturated carbocycles. The number of benzene rings is 3. The first-order valence-electron chi connectivity index (χ1n) is 10.4. The summed E-state index contributed by atoms with van der Waals surface area (Å²) in [7, 11) is 0. The molecule has 1 saturated heterocycles. The smallest absolute Gasteiger partial charge is 0.253 e. The third-order valence-corrected chi connectivity index (χ3v) is 5.77. The Morgan fingerprint density at radius 1 is 0.903 bits per heavy atom. The maximum absolute atomic E-state index is 13.0. The zero-order valence-corrected chi connectivity index (χ0v) is 17.2. The molecule has 0 aliphatic carbocycles. The molecule has 5 heteroatoms. The van der Waals surface area contributed by atoms with Crippen molar-refractivity contribution in [3.8, 4) is 6.07 Å². The number of halogens is 1. The van der Waals surface area contributed by atoms with E-state index in [0.29, 0.717) is 29.8 Å². The first-order valence-corrected chi connectivity index (χ1v) is 10.4. The van der Waals surface area contributed by atoms with Crippen LogP contribution in [0.3, 0.4) is 0 Å². The van der Waals surface area contributed by atoms with Crippen molar-refractivity contribution < 1.29 is 9.18 Å². The number of rotatable bonds is 5. The Morgan fingerprint density at radius 2 is 1.58 bits per heavy atom. The predicted octanol–water partition coefficient (Wildman–Crippen LogP) is 4.58. The number of piperazine rings is 1. The average Bonchev–Trinajstić information content (AvgIpc) is 2.85. The van der Waals surface area contributed by atoms with Gasteiger partial charge in [0.05, 0.1) is 17.7 Å². The van der Waals surface area contributed by atoms with Gasteiger partial charge >= 0.3 is 0 Å². The van der Waals surface area contributed by atoms with E-state index >= 15 is 0 Å². The fraction of sp³-hybridized carbons (Fsp3) is 0.231. The van der Waals surface area contributed by atoms with E-state index in [2.05, 4.69) is 23.1 Å². The molecule has 0 bridgehead atoms. The van der Waals surface area contributed by atoms with E-state index in [4.69, 9.17) is 5.26 Å². The van der Waals surface area contributed by atoms with Gasteiger partial charge in [0.15, 0.2) is 0 Å². The number of nitriles is 1. The van der Waals surface area contributed by atoms with E-state index in [1.807, 2.05) is 47.4 Å². The van der Waals surface area contributed by atoms with Gasteiger partial charge in [0.1, 0.15) is 6.67 Å². The van der Waals surface area contributed by atoms with E-state index in [-0.39, 0.29) is 11.9 Å². The molecule has 4 nitrogen and oxygen atoms in total. The lowest BCUT2D eigenvalue weighted by atomic mass is 9.95. The minimum absolute atomic E-state index is 0.0414. The van der Waals surface area contributed by atoms with Gasteiger partial charge in [-0.2, -0.15) is 5.26 Å². The molecule has 31 heavy (non-hydrogen) atoms. The van der Waals surface area contributed by atoms with Crippen molar-refractivity contribution in [3.63, 3.8) is 0 Å². The molecular formula is C26H24FN3O. The van der Waals surface area contributed by atoms with Crippen LogP contribution in [0.4, 0.5) is 4.39 Å². The van der Waals surface area contributed by atoms with E-state index in [0.717, 1.165) is 18.7 Å². The number of nitrogens with zero attached hydrogens (tertiary/aromatic N) is 3. The van der Waals surface area contributed by atoms with Crippen molar-refractivity contribution >= 4 is 5.91 Å². The summed E-state index contributed by atoms with van der Waals surface area (Å²) in [5.41, 5.74) is 4.01. The highest BCUT2D eigenvalue weighted by atomic mass is 19.1. The quantitative estimate of drug-likeness (QED) is 0.615. The molecule has 1 fully saturated rings. The topological polar surface area (TPSA) is 47.3 Å². The highest BCUT2D eigenvalue weighted by Gasteiger charge is 2.28. The summed E-state index contributed by atoms with van der Waals surface area (Å²) in [6, 6.07) is 26.9. The second-order valence-corrected chi connectivity index (χ2v) is 7.71. The Labute approximate surface area is 182 Å². The summed E-state index contributed by atoms with van der Waals surface area (Å²) in [6.45, 7) is 2.22. The molecule has 1 unspecified atom stereocenters. The van der Waals surface area contributed by atoms with Crippen LogP contribution in [-0.4, -0.2) is 41.9 Å². The molecule has 1 atom stereocenters. The average molecular weight is 413 g/mol. The Kier molecular flexibility index (Phi) is 6.40. The van der Waals surface area contributed by atoms with Crippen molar-refractivity contribution in [1.29, 1.82) is 5.26 Å². The zero-order valence-electron chi connectivity index (χ0n) is 17.2. The molecule has 0 aromatic heterocycles. The summed E-state index contributed by atoms with van der Waals surface area (Å²) in [4.78, 5) is 17.1. The Bertz CT molecular complexity index is 1070. The van der Waals surface area contributed by atoms with Crippen molar-refractivity contribution in [2.45, 2.75) is 12.7 Å². The van der Waals surface area contributed by atoms with Gasteiger partial charge in [0.2, 0.25) is 0 Å². The van der Waals surface area contributed by atoms with Gasteiger partial charge in [-0.3, -0.25) is 9.69 Å². The van der Waals surface area contributed by atoms with Crippen LogP contribution in [0.15, 0.2) is 78.9 Å². The lowest BCUT2D eigenvalue weighted by molar-refractivity contribution is 0.0597. The van der Waals surface area contributed by atoms with Gasteiger partial charge in [0.25, 0.3) is 5.91 Å². The first-order chi connectivity index (χ1) is 15.2. The molecule has 0 radical (unpaired) electrons. The highest BCUT2D eigenvalue weighted by Crippen LogP contribution is 2.30. The van der Waals surface area contributed by atoms with Crippen molar-refractivity contribution in [1.82, 2.24) is 9.80 Å². The Balaban J connectivity index is 1.52. The molecule has 0 N–H and O–H groups in total. The molecule has 3 aromatic rings. The minimum Gasteiger partial charge on any atom is -0.336 e. The van der Waals surface area contributed by atoms with Crippen molar-refractivity contribution in [3.05, 3.63) is 107 Å². The molecule has 1 amide bonds. The SMILES string of the molecule is N#Cc1cccc(C(=O)N2CCN(C(c3ccccc3)c3ccc(CF)cc3)CC2)c1. The first kappa shape index (κ1) is 20.8. The molecule has 1 aliphatic heterocycles. The van der Waals surface area contributed by atoms with Gasteiger partial charge in [0, 0.05) is 31.7 Å². The van der Waals surface area contributed by atoms with Gasteiger partial charge in [-0.25, -0.2) is 4.39 Å². The molecular weight excluding hydrogens is 389 g/mol. The lowest BCUT2D eigenvalue weighted by Gasteiger charge is -2.40. The molecule has 1 aliphatic rings. The fourth-order valence-electron chi connectivity index (χ4n) is 4.13. The van der Waals surface area contributed by atoms with Crippen LogP contribution in [0.2, 0.25) is 0 Å². The predicted molar refractivity (Wildman–Crippen MR) is 118 cm³/mol. The summed E-state index contributed by atoms with van der Waals surface area (Å²) in [5.74, 6) is -0.0414. The van der Waals surface area contributed by atoms with Crippen molar-refractivity contribution in [2.24, 2.45) is 0 Å². The van der Waals surface area contributed by atoms with Gasteiger partial charge < -0.3 is 4.90 Å². The number of alkyl halides is 1. The number of carbonyl (C=O) groups is 1.